The van der Waals surface area contributed by atoms with Crippen molar-refractivity contribution < 1.29 is 9.13 Å². The summed E-state index contributed by atoms with van der Waals surface area (Å²) in [6.07, 6.45) is 1.92. The van der Waals surface area contributed by atoms with Crippen LogP contribution in [-0.4, -0.2) is 29.7 Å². The lowest BCUT2D eigenvalue weighted by Gasteiger charge is -2.29. The zero-order valence-corrected chi connectivity index (χ0v) is 11.7. The molecule has 0 unspecified atom stereocenters. The van der Waals surface area contributed by atoms with E-state index in [9.17, 15) is 4.39 Å². The maximum atomic E-state index is 13.7. The minimum atomic E-state index is -0.234. The Morgan fingerprint density at radius 1 is 1.37 bits per heavy atom. The monoisotopic (exact) mass is 280 g/mol. The minimum absolute atomic E-state index is 0.00551. The van der Waals surface area contributed by atoms with Crippen LogP contribution in [0.3, 0.4) is 0 Å². The van der Waals surface area contributed by atoms with Crippen LogP contribution in [0.25, 0.3) is 0 Å². The molecule has 102 valence electrons. The van der Waals surface area contributed by atoms with Gasteiger partial charge in [0.2, 0.25) is 0 Å². The number of ether oxygens (including phenoxy) is 1. The van der Waals surface area contributed by atoms with E-state index in [1.54, 1.807) is 17.8 Å². The molecule has 0 radical (unpaired) electrons. The van der Waals surface area contributed by atoms with Crippen LogP contribution in [0.15, 0.2) is 23.2 Å². The fourth-order valence-corrected chi connectivity index (χ4v) is 3.60. The number of thioether (sulfide) groups is 1. The van der Waals surface area contributed by atoms with E-state index in [1.165, 1.54) is 6.07 Å². The van der Waals surface area contributed by atoms with Gasteiger partial charge in [-0.25, -0.2) is 4.39 Å². The Morgan fingerprint density at radius 3 is 2.95 bits per heavy atom. The lowest BCUT2D eigenvalue weighted by Crippen LogP contribution is -2.34. The van der Waals surface area contributed by atoms with E-state index in [-0.39, 0.29) is 11.4 Å². The van der Waals surface area contributed by atoms with Gasteiger partial charge in [0.05, 0.1) is 11.2 Å². The molecule has 0 saturated carbocycles. The van der Waals surface area contributed by atoms with E-state index in [4.69, 9.17) is 9.73 Å². The number of halogens is 1. The molecule has 1 saturated heterocycles. The highest BCUT2D eigenvalue weighted by Crippen LogP contribution is 2.36. The summed E-state index contributed by atoms with van der Waals surface area (Å²) < 4.78 is 19.1. The first kappa shape index (κ1) is 12.9. The summed E-state index contributed by atoms with van der Waals surface area (Å²) in [4.78, 5) is 4.77. The largest absolute Gasteiger partial charge is 0.381 e. The minimum Gasteiger partial charge on any atom is -0.381 e. The fourth-order valence-electron chi connectivity index (χ4n) is 2.40. The summed E-state index contributed by atoms with van der Waals surface area (Å²) in [6.45, 7) is 3.50. The molecule has 2 heterocycles. The lowest BCUT2D eigenvalue weighted by molar-refractivity contribution is 0.0624. The van der Waals surface area contributed by atoms with Crippen LogP contribution >= 0.6 is 11.8 Å². The van der Waals surface area contributed by atoms with E-state index in [2.05, 4.69) is 5.32 Å². The Hall–Kier alpha value is -1.07. The standard InChI is InChI=1S/C14H17FN2OS/c1-10-2-3-11(15)12(8-10)16-13-17-14(9-19-13)4-6-18-7-5-14/h2-3,8H,4-7,9H2,1H3,(H,16,17). The zero-order valence-electron chi connectivity index (χ0n) is 10.9. The third-order valence-corrected chi connectivity index (χ3v) is 4.75. The molecular weight excluding hydrogens is 263 g/mol. The van der Waals surface area contributed by atoms with Crippen molar-refractivity contribution in [3.63, 3.8) is 0 Å². The van der Waals surface area contributed by atoms with Crippen LogP contribution < -0.4 is 5.32 Å². The fraction of sp³-hybridized carbons (Fsp3) is 0.500. The predicted molar refractivity (Wildman–Crippen MR) is 77.4 cm³/mol. The highest BCUT2D eigenvalue weighted by Gasteiger charge is 2.37. The first-order valence-electron chi connectivity index (χ1n) is 6.51. The maximum absolute atomic E-state index is 13.7. The van der Waals surface area contributed by atoms with Gasteiger partial charge >= 0.3 is 0 Å². The molecule has 1 N–H and O–H groups in total. The van der Waals surface area contributed by atoms with Crippen molar-refractivity contribution in [2.45, 2.75) is 25.3 Å². The first-order chi connectivity index (χ1) is 9.17. The summed E-state index contributed by atoms with van der Waals surface area (Å²) in [7, 11) is 0. The smallest absolute Gasteiger partial charge is 0.161 e. The van der Waals surface area contributed by atoms with Crippen molar-refractivity contribution in [3.05, 3.63) is 29.6 Å². The van der Waals surface area contributed by atoms with E-state index < -0.39 is 0 Å². The van der Waals surface area contributed by atoms with Crippen LogP contribution in [0.1, 0.15) is 18.4 Å². The number of benzene rings is 1. The molecule has 1 spiro atoms. The highest BCUT2D eigenvalue weighted by atomic mass is 32.2. The second-order valence-electron chi connectivity index (χ2n) is 5.15. The third-order valence-electron chi connectivity index (χ3n) is 3.60. The first-order valence-corrected chi connectivity index (χ1v) is 7.49. The molecule has 19 heavy (non-hydrogen) atoms. The number of hydrogen-bond donors (Lipinski definition) is 1. The summed E-state index contributed by atoms with van der Waals surface area (Å²) in [6, 6.07) is 5.07. The summed E-state index contributed by atoms with van der Waals surface area (Å²) in [5.74, 6) is 0.730. The number of anilines is 1. The van der Waals surface area contributed by atoms with Gasteiger partial charge in [0.25, 0.3) is 0 Å². The van der Waals surface area contributed by atoms with Gasteiger partial charge in [-0.05, 0) is 37.5 Å². The molecule has 3 rings (SSSR count). The average molecular weight is 280 g/mol. The third kappa shape index (κ3) is 2.77. The molecule has 1 aromatic carbocycles. The molecule has 0 aliphatic carbocycles. The van der Waals surface area contributed by atoms with Gasteiger partial charge in [-0.1, -0.05) is 17.8 Å². The van der Waals surface area contributed by atoms with Crippen molar-refractivity contribution in [2.75, 3.05) is 24.3 Å². The molecule has 5 heteroatoms. The van der Waals surface area contributed by atoms with Gasteiger partial charge in [0.1, 0.15) is 5.82 Å². The lowest BCUT2D eigenvalue weighted by atomic mass is 9.93. The van der Waals surface area contributed by atoms with Crippen LogP contribution in [0.4, 0.5) is 10.1 Å². The van der Waals surface area contributed by atoms with Crippen molar-refractivity contribution in [1.29, 1.82) is 0 Å². The topological polar surface area (TPSA) is 33.6 Å². The average Bonchev–Trinajstić information content (AvgIpc) is 2.78. The van der Waals surface area contributed by atoms with Crippen LogP contribution in [0.5, 0.6) is 0 Å². The van der Waals surface area contributed by atoms with Gasteiger partial charge in [-0.2, -0.15) is 0 Å². The summed E-state index contributed by atoms with van der Waals surface area (Å²) in [5.41, 5.74) is 1.55. The van der Waals surface area contributed by atoms with Gasteiger partial charge < -0.3 is 10.1 Å². The number of amidine groups is 1. The van der Waals surface area contributed by atoms with Crippen molar-refractivity contribution in [3.8, 4) is 0 Å². The Bertz CT molecular complexity index is 512. The quantitative estimate of drug-likeness (QED) is 0.857. The number of aliphatic imine (C=N–C) groups is 1. The summed E-state index contributed by atoms with van der Waals surface area (Å²) >= 11 is 1.67. The molecule has 0 bridgehead atoms. The second-order valence-corrected chi connectivity index (χ2v) is 6.11. The second kappa shape index (κ2) is 5.13. The Labute approximate surface area is 116 Å². The van der Waals surface area contributed by atoms with Crippen LogP contribution in [-0.2, 0) is 4.74 Å². The molecule has 0 atom stereocenters. The van der Waals surface area contributed by atoms with Gasteiger partial charge in [0.15, 0.2) is 5.17 Å². The zero-order chi connectivity index (χ0) is 13.3. The van der Waals surface area contributed by atoms with Crippen LogP contribution in [0, 0.1) is 12.7 Å². The molecule has 0 amide bonds. The van der Waals surface area contributed by atoms with Gasteiger partial charge in [-0.15, -0.1) is 0 Å². The molecule has 3 nitrogen and oxygen atoms in total. The summed E-state index contributed by atoms with van der Waals surface area (Å²) in [5, 5.41) is 3.94. The maximum Gasteiger partial charge on any atom is 0.161 e. The number of aryl methyl sites for hydroxylation is 1. The van der Waals surface area contributed by atoms with E-state index in [0.29, 0.717) is 5.69 Å². The van der Waals surface area contributed by atoms with E-state index >= 15 is 0 Å². The van der Waals surface area contributed by atoms with Crippen LogP contribution in [0.2, 0.25) is 0 Å². The van der Waals surface area contributed by atoms with Crippen molar-refractivity contribution in [2.24, 2.45) is 4.99 Å². The molecule has 2 aliphatic rings. The van der Waals surface area contributed by atoms with Gasteiger partial charge in [0, 0.05) is 19.0 Å². The Kier molecular flexibility index (Phi) is 3.50. The van der Waals surface area contributed by atoms with E-state index in [1.807, 2.05) is 13.0 Å². The van der Waals surface area contributed by atoms with Crippen molar-refractivity contribution >= 4 is 22.6 Å². The molecule has 1 aromatic rings. The predicted octanol–water partition coefficient (Wildman–Crippen LogP) is 3.20. The van der Waals surface area contributed by atoms with E-state index in [0.717, 1.165) is 42.5 Å². The Morgan fingerprint density at radius 2 is 2.16 bits per heavy atom. The molecule has 1 fully saturated rings. The Balaban J connectivity index is 1.77. The van der Waals surface area contributed by atoms with Gasteiger partial charge in [-0.3, -0.25) is 4.99 Å². The number of nitrogens with one attached hydrogen (secondary N) is 1. The molecular formula is C14H17FN2OS. The number of nitrogens with zero attached hydrogens (tertiary/aromatic N) is 1. The number of rotatable bonds is 1. The SMILES string of the molecule is Cc1ccc(F)c(NC2=NC3(CCOCC3)CS2)c1. The van der Waals surface area contributed by atoms with Crippen molar-refractivity contribution in [1.82, 2.24) is 0 Å². The molecule has 0 aromatic heterocycles. The normalized spacial score (nSPS) is 21.5. The molecule has 2 aliphatic heterocycles. The highest BCUT2D eigenvalue weighted by molar-refractivity contribution is 8.14. The number of hydrogen-bond acceptors (Lipinski definition) is 4.